The number of benzene rings is 1. The Morgan fingerprint density at radius 1 is 1.47 bits per heavy atom. The van der Waals surface area contributed by atoms with E-state index in [9.17, 15) is 0 Å². The first-order valence-electron chi connectivity index (χ1n) is 6.26. The van der Waals surface area contributed by atoms with Gasteiger partial charge in [0.05, 0.1) is 6.10 Å². The van der Waals surface area contributed by atoms with Crippen LogP contribution in [0, 0.1) is 0 Å². The second-order valence-electron chi connectivity index (χ2n) is 4.93. The topological polar surface area (TPSA) is 21.3 Å². The maximum Gasteiger partial charge on any atom is 0.0963 e. The average Bonchev–Trinajstić information content (AvgIpc) is 2.53. The third-order valence-electron chi connectivity index (χ3n) is 3.72. The van der Waals surface area contributed by atoms with Crippen molar-refractivity contribution in [3.8, 4) is 0 Å². The molecule has 1 saturated heterocycles. The highest BCUT2D eigenvalue weighted by molar-refractivity contribution is 6.31. The van der Waals surface area contributed by atoms with Crippen molar-refractivity contribution in [2.75, 3.05) is 13.2 Å². The lowest BCUT2D eigenvalue weighted by atomic mass is 9.95. The lowest BCUT2D eigenvalue weighted by Crippen LogP contribution is -2.42. The van der Waals surface area contributed by atoms with Crippen LogP contribution in [0.3, 0.4) is 0 Å². The van der Waals surface area contributed by atoms with E-state index in [4.69, 9.17) is 16.3 Å². The molecule has 3 heteroatoms. The summed E-state index contributed by atoms with van der Waals surface area (Å²) in [5.41, 5.74) is 1.28. The fraction of sp³-hybridized carbons (Fsp3) is 0.571. The van der Waals surface area contributed by atoms with E-state index >= 15 is 0 Å². The molecule has 0 radical (unpaired) electrons. The highest BCUT2D eigenvalue weighted by Gasteiger charge is 2.28. The van der Waals surface area contributed by atoms with Crippen LogP contribution in [0.2, 0.25) is 5.02 Å². The van der Waals surface area contributed by atoms with E-state index in [1.807, 2.05) is 24.3 Å². The summed E-state index contributed by atoms with van der Waals surface area (Å²) >= 11 is 6.21. The number of ether oxygens (including phenoxy) is 1. The molecular weight excluding hydrogens is 234 g/mol. The summed E-state index contributed by atoms with van der Waals surface area (Å²) in [7, 11) is 0. The van der Waals surface area contributed by atoms with Gasteiger partial charge in [0, 0.05) is 29.3 Å². The Hall–Kier alpha value is -0.570. The molecule has 2 unspecified atom stereocenters. The zero-order chi connectivity index (χ0) is 12.3. The van der Waals surface area contributed by atoms with E-state index in [0.717, 1.165) is 36.6 Å². The maximum atomic E-state index is 6.21. The van der Waals surface area contributed by atoms with Crippen molar-refractivity contribution in [3.05, 3.63) is 34.9 Å². The van der Waals surface area contributed by atoms with Crippen LogP contribution in [-0.2, 0) is 4.74 Å². The van der Waals surface area contributed by atoms with Crippen LogP contribution in [0.25, 0.3) is 0 Å². The quantitative estimate of drug-likeness (QED) is 0.870. The van der Waals surface area contributed by atoms with E-state index in [1.165, 1.54) is 0 Å². The van der Waals surface area contributed by atoms with Crippen LogP contribution in [0.4, 0.5) is 0 Å². The Morgan fingerprint density at radius 3 is 2.94 bits per heavy atom. The Balaban J connectivity index is 2.12. The molecule has 0 aliphatic carbocycles. The smallest absolute Gasteiger partial charge is 0.0963 e. The summed E-state index contributed by atoms with van der Waals surface area (Å²) < 4.78 is 5.92. The highest BCUT2D eigenvalue weighted by atomic mass is 35.5. The van der Waals surface area contributed by atoms with Gasteiger partial charge in [0.1, 0.15) is 0 Å². The van der Waals surface area contributed by atoms with E-state index in [1.54, 1.807) is 0 Å². The minimum atomic E-state index is 0.0667. The van der Waals surface area contributed by atoms with Crippen LogP contribution < -0.4 is 5.32 Å². The minimum absolute atomic E-state index is 0.0667. The lowest BCUT2D eigenvalue weighted by molar-refractivity contribution is 0.0654. The van der Waals surface area contributed by atoms with Crippen LogP contribution in [-0.4, -0.2) is 18.7 Å². The van der Waals surface area contributed by atoms with Crippen molar-refractivity contribution in [1.82, 2.24) is 5.32 Å². The SMILES string of the molecule is CCC1(C)CCOC(c2ccccc2Cl)CN1. The molecule has 2 atom stereocenters. The zero-order valence-corrected chi connectivity index (χ0v) is 11.3. The Bertz CT molecular complexity index is 382. The van der Waals surface area contributed by atoms with Crippen LogP contribution >= 0.6 is 11.6 Å². The van der Waals surface area contributed by atoms with Gasteiger partial charge in [0.2, 0.25) is 0 Å². The van der Waals surface area contributed by atoms with Gasteiger partial charge in [-0.05, 0) is 25.8 Å². The zero-order valence-electron chi connectivity index (χ0n) is 10.5. The largest absolute Gasteiger partial charge is 0.372 e. The molecule has 0 amide bonds. The average molecular weight is 254 g/mol. The van der Waals surface area contributed by atoms with E-state index < -0.39 is 0 Å². The predicted molar refractivity (Wildman–Crippen MR) is 71.5 cm³/mol. The van der Waals surface area contributed by atoms with E-state index in [0.29, 0.717) is 0 Å². The fourth-order valence-corrected chi connectivity index (χ4v) is 2.41. The number of halogens is 1. The molecule has 0 spiro atoms. The summed E-state index contributed by atoms with van der Waals surface area (Å²) in [5, 5.41) is 4.39. The number of rotatable bonds is 2. The summed E-state index contributed by atoms with van der Waals surface area (Å²) in [4.78, 5) is 0. The molecule has 2 nitrogen and oxygen atoms in total. The van der Waals surface area contributed by atoms with Crippen molar-refractivity contribution in [3.63, 3.8) is 0 Å². The maximum absolute atomic E-state index is 6.21. The second-order valence-corrected chi connectivity index (χ2v) is 5.33. The lowest BCUT2D eigenvalue weighted by Gasteiger charge is -2.27. The molecule has 0 aromatic heterocycles. The van der Waals surface area contributed by atoms with Gasteiger partial charge in [0.15, 0.2) is 0 Å². The fourth-order valence-electron chi connectivity index (χ4n) is 2.15. The van der Waals surface area contributed by atoms with E-state index in [-0.39, 0.29) is 11.6 Å². The van der Waals surface area contributed by atoms with Crippen molar-refractivity contribution < 1.29 is 4.74 Å². The standard InChI is InChI=1S/C14H20ClNO/c1-3-14(2)8-9-17-13(10-16-14)11-6-4-5-7-12(11)15/h4-7,13,16H,3,8-10H2,1-2H3. The molecule has 1 aliphatic rings. The first-order valence-corrected chi connectivity index (χ1v) is 6.63. The molecule has 1 aromatic carbocycles. The Morgan fingerprint density at radius 2 is 2.24 bits per heavy atom. The van der Waals surface area contributed by atoms with Crippen LogP contribution in [0.1, 0.15) is 38.4 Å². The molecule has 1 aliphatic heterocycles. The van der Waals surface area contributed by atoms with Crippen molar-refractivity contribution in [2.45, 2.75) is 38.3 Å². The number of nitrogens with one attached hydrogen (secondary N) is 1. The second kappa shape index (κ2) is 5.38. The highest BCUT2D eigenvalue weighted by Crippen LogP contribution is 2.29. The molecule has 2 rings (SSSR count). The molecular formula is C14H20ClNO. The van der Waals surface area contributed by atoms with Gasteiger partial charge >= 0.3 is 0 Å². The first-order chi connectivity index (χ1) is 8.14. The Kier molecular flexibility index (Phi) is 4.08. The van der Waals surface area contributed by atoms with Crippen LogP contribution in [0.5, 0.6) is 0 Å². The number of hydrogen-bond donors (Lipinski definition) is 1. The molecule has 1 heterocycles. The summed E-state index contributed by atoms with van der Waals surface area (Å²) in [6.07, 6.45) is 2.23. The van der Waals surface area contributed by atoms with E-state index in [2.05, 4.69) is 19.2 Å². The summed E-state index contributed by atoms with van der Waals surface area (Å²) in [6, 6.07) is 7.92. The molecule has 17 heavy (non-hydrogen) atoms. The monoisotopic (exact) mass is 253 g/mol. The van der Waals surface area contributed by atoms with Crippen molar-refractivity contribution >= 4 is 11.6 Å². The molecule has 94 valence electrons. The molecule has 0 saturated carbocycles. The van der Waals surface area contributed by atoms with Crippen molar-refractivity contribution in [2.24, 2.45) is 0 Å². The third-order valence-corrected chi connectivity index (χ3v) is 4.06. The molecule has 1 fully saturated rings. The van der Waals surface area contributed by atoms with Gasteiger partial charge in [-0.1, -0.05) is 36.7 Å². The first kappa shape index (κ1) is 12.9. The summed E-state index contributed by atoms with van der Waals surface area (Å²) in [5.74, 6) is 0. The summed E-state index contributed by atoms with van der Waals surface area (Å²) in [6.45, 7) is 6.08. The minimum Gasteiger partial charge on any atom is -0.372 e. The Labute approximate surface area is 108 Å². The van der Waals surface area contributed by atoms with Gasteiger partial charge in [-0.3, -0.25) is 0 Å². The molecule has 0 bridgehead atoms. The van der Waals surface area contributed by atoms with Crippen molar-refractivity contribution in [1.29, 1.82) is 0 Å². The third kappa shape index (κ3) is 3.01. The van der Waals surface area contributed by atoms with Crippen LogP contribution in [0.15, 0.2) is 24.3 Å². The number of hydrogen-bond acceptors (Lipinski definition) is 2. The molecule has 1 aromatic rings. The van der Waals surface area contributed by atoms with Gasteiger partial charge in [0.25, 0.3) is 0 Å². The van der Waals surface area contributed by atoms with Gasteiger partial charge in [-0.15, -0.1) is 0 Å². The normalized spacial score (nSPS) is 29.9. The van der Waals surface area contributed by atoms with Gasteiger partial charge < -0.3 is 10.1 Å². The van der Waals surface area contributed by atoms with Gasteiger partial charge in [-0.2, -0.15) is 0 Å². The van der Waals surface area contributed by atoms with Gasteiger partial charge in [-0.25, -0.2) is 0 Å². The molecule has 1 N–H and O–H groups in total. The predicted octanol–water partition coefficient (Wildman–Crippen LogP) is 3.56.